The van der Waals surface area contributed by atoms with Crippen LogP contribution in [-0.2, 0) is 0 Å². The van der Waals surface area contributed by atoms with E-state index < -0.39 is 11.5 Å². The molecule has 1 unspecified atom stereocenters. The highest BCUT2D eigenvalue weighted by molar-refractivity contribution is 5.86. The summed E-state index contributed by atoms with van der Waals surface area (Å²) in [4.78, 5) is 12.9. The molecular formula is C23H20N2O5. The average molecular weight is 404 g/mol. The number of fused-ring (bicyclic) bond motifs is 3. The van der Waals surface area contributed by atoms with Gasteiger partial charge in [-0.3, -0.25) is 0 Å². The first-order valence-corrected chi connectivity index (χ1v) is 9.61. The summed E-state index contributed by atoms with van der Waals surface area (Å²) in [6, 6.07) is 14.4. The Kier molecular flexibility index (Phi) is 5.07. The van der Waals surface area contributed by atoms with E-state index in [0.29, 0.717) is 47.0 Å². The lowest BCUT2D eigenvalue weighted by Gasteiger charge is -2.26. The van der Waals surface area contributed by atoms with Crippen molar-refractivity contribution in [2.45, 2.75) is 19.8 Å². The van der Waals surface area contributed by atoms with Crippen molar-refractivity contribution in [1.82, 2.24) is 0 Å². The maximum Gasteiger partial charge on any atom is 0.344 e. The van der Waals surface area contributed by atoms with Gasteiger partial charge in [0.2, 0.25) is 5.88 Å². The quantitative estimate of drug-likeness (QED) is 0.644. The van der Waals surface area contributed by atoms with Gasteiger partial charge in [0.15, 0.2) is 17.2 Å². The third-order valence-electron chi connectivity index (χ3n) is 4.87. The molecule has 1 aliphatic heterocycles. The van der Waals surface area contributed by atoms with Crippen LogP contribution in [0.15, 0.2) is 63.1 Å². The molecule has 2 aromatic carbocycles. The van der Waals surface area contributed by atoms with E-state index in [4.69, 9.17) is 24.4 Å². The van der Waals surface area contributed by atoms with E-state index in [1.165, 1.54) is 0 Å². The standard InChI is InChI=1S/C23H20N2O5/c1-3-27-17-10-9-13(11-18(17)28-4-2)19-15(12-24)22(25)30-21-14-7-5-6-8-16(14)29-23(26)20(19)21/h5-11,19H,3-4,25H2,1-2H3. The van der Waals surface area contributed by atoms with Crippen LogP contribution in [0.1, 0.15) is 30.9 Å². The van der Waals surface area contributed by atoms with E-state index in [0.717, 1.165) is 0 Å². The summed E-state index contributed by atoms with van der Waals surface area (Å²) in [5, 5.41) is 10.4. The molecule has 1 aliphatic rings. The molecule has 0 aliphatic carbocycles. The van der Waals surface area contributed by atoms with E-state index in [1.807, 2.05) is 19.9 Å². The molecule has 0 bridgehead atoms. The second kappa shape index (κ2) is 7.84. The first-order chi connectivity index (χ1) is 14.6. The fourth-order valence-corrected chi connectivity index (χ4v) is 3.65. The topological polar surface area (TPSA) is 108 Å². The molecular weight excluding hydrogens is 384 g/mol. The molecule has 1 atom stereocenters. The number of hydrogen-bond acceptors (Lipinski definition) is 7. The number of nitrogens with zero attached hydrogens (tertiary/aromatic N) is 1. The smallest absolute Gasteiger partial charge is 0.344 e. The second-order valence-corrected chi connectivity index (χ2v) is 6.63. The minimum atomic E-state index is -0.755. The number of nitrogens with two attached hydrogens (primary N) is 1. The Morgan fingerprint density at radius 2 is 1.83 bits per heavy atom. The molecule has 3 aromatic rings. The molecule has 7 heteroatoms. The lowest BCUT2D eigenvalue weighted by molar-refractivity contribution is 0.287. The van der Waals surface area contributed by atoms with Crippen LogP contribution in [0.2, 0.25) is 0 Å². The van der Waals surface area contributed by atoms with Crippen molar-refractivity contribution in [3.8, 4) is 23.3 Å². The molecule has 0 amide bonds. The van der Waals surface area contributed by atoms with Crippen LogP contribution in [0.25, 0.3) is 11.0 Å². The number of ether oxygens (including phenoxy) is 3. The van der Waals surface area contributed by atoms with Crippen molar-refractivity contribution in [3.63, 3.8) is 0 Å². The molecule has 30 heavy (non-hydrogen) atoms. The molecule has 1 aromatic heterocycles. The predicted molar refractivity (Wildman–Crippen MR) is 111 cm³/mol. The van der Waals surface area contributed by atoms with Gasteiger partial charge >= 0.3 is 5.63 Å². The molecule has 0 saturated carbocycles. The highest BCUT2D eigenvalue weighted by atomic mass is 16.5. The van der Waals surface area contributed by atoms with Crippen molar-refractivity contribution >= 4 is 11.0 Å². The van der Waals surface area contributed by atoms with Crippen molar-refractivity contribution < 1.29 is 18.6 Å². The van der Waals surface area contributed by atoms with Crippen LogP contribution in [0.4, 0.5) is 0 Å². The Morgan fingerprint density at radius 1 is 1.10 bits per heavy atom. The van der Waals surface area contributed by atoms with E-state index in [2.05, 4.69) is 6.07 Å². The Labute approximate surface area is 172 Å². The number of rotatable bonds is 5. The number of para-hydroxylation sites is 1. The molecule has 2 N–H and O–H groups in total. The van der Waals surface area contributed by atoms with Gasteiger partial charge in [0.1, 0.15) is 17.2 Å². The Bertz CT molecular complexity index is 1250. The molecule has 0 saturated heterocycles. The van der Waals surface area contributed by atoms with Gasteiger partial charge in [0.05, 0.1) is 30.1 Å². The monoisotopic (exact) mass is 404 g/mol. The summed E-state index contributed by atoms with van der Waals surface area (Å²) in [7, 11) is 0. The van der Waals surface area contributed by atoms with Crippen LogP contribution in [0, 0.1) is 11.3 Å². The fourth-order valence-electron chi connectivity index (χ4n) is 3.65. The lowest BCUT2D eigenvalue weighted by atomic mass is 9.83. The zero-order valence-corrected chi connectivity index (χ0v) is 16.6. The Hall–Kier alpha value is -3.92. The molecule has 7 nitrogen and oxygen atoms in total. The maximum atomic E-state index is 12.9. The summed E-state index contributed by atoms with van der Waals surface area (Å²) in [5.74, 6) is 0.601. The second-order valence-electron chi connectivity index (χ2n) is 6.63. The van der Waals surface area contributed by atoms with Gasteiger partial charge in [-0.1, -0.05) is 18.2 Å². The van der Waals surface area contributed by atoms with E-state index in [9.17, 15) is 10.1 Å². The summed E-state index contributed by atoms with van der Waals surface area (Å²) >= 11 is 0. The normalized spacial score (nSPS) is 15.3. The van der Waals surface area contributed by atoms with Crippen LogP contribution in [0.3, 0.4) is 0 Å². The molecule has 0 radical (unpaired) electrons. The minimum absolute atomic E-state index is 0.0439. The SMILES string of the molecule is CCOc1ccc(C2C(C#N)=C(N)Oc3c2c(=O)oc2ccccc32)cc1OCC. The molecule has 0 fully saturated rings. The van der Waals surface area contributed by atoms with Crippen LogP contribution in [0.5, 0.6) is 17.2 Å². The van der Waals surface area contributed by atoms with Crippen molar-refractivity contribution in [2.75, 3.05) is 13.2 Å². The van der Waals surface area contributed by atoms with Crippen LogP contribution in [-0.4, -0.2) is 13.2 Å². The van der Waals surface area contributed by atoms with Gasteiger partial charge in [-0.05, 0) is 43.7 Å². The fraction of sp³-hybridized carbons (Fsp3) is 0.217. The van der Waals surface area contributed by atoms with Gasteiger partial charge in [-0.2, -0.15) is 5.26 Å². The Balaban J connectivity index is 1.98. The van der Waals surface area contributed by atoms with Crippen molar-refractivity contribution in [3.05, 3.63) is 75.5 Å². The van der Waals surface area contributed by atoms with Crippen LogP contribution >= 0.6 is 0 Å². The van der Waals surface area contributed by atoms with Gasteiger partial charge < -0.3 is 24.4 Å². The minimum Gasteiger partial charge on any atom is -0.490 e. The highest BCUT2D eigenvalue weighted by Crippen LogP contribution is 2.45. The first kappa shape index (κ1) is 19.4. The summed E-state index contributed by atoms with van der Waals surface area (Å²) < 4.78 is 22.6. The predicted octanol–water partition coefficient (Wildman–Crippen LogP) is 3.81. The molecule has 2 heterocycles. The third kappa shape index (κ3) is 3.12. The zero-order valence-electron chi connectivity index (χ0n) is 16.6. The Morgan fingerprint density at radius 3 is 2.57 bits per heavy atom. The van der Waals surface area contributed by atoms with Crippen molar-refractivity contribution in [1.29, 1.82) is 5.26 Å². The van der Waals surface area contributed by atoms with Crippen molar-refractivity contribution in [2.24, 2.45) is 5.73 Å². The lowest BCUT2D eigenvalue weighted by Crippen LogP contribution is -2.26. The van der Waals surface area contributed by atoms with E-state index in [1.54, 1.807) is 36.4 Å². The molecule has 4 rings (SSSR count). The number of allylic oxidation sites excluding steroid dienone is 1. The van der Waals surface area contributed by atoms with Gasteiger partial charge in [-0.25, -0.2) is 4.79 Å². The summed E-state index contributed by atoms with van der Waals surface area (Å²) in [6.07, 6.45) is 0. The zero-order chi connectivity index (χ0) is 21.3. The highest BCUT2D eigenvalue weighted by Gasteiger charge is 2.35. The number of benzene rings is 2. The molecule has 152 valence electrons. The molecule has 0 spiro atoms. The summed E-state index contributed by atoms with van der Waals surface area (Å²) in [6.45, 7) is 4.66. The van der Waals surface area contributed by atoms with E-state index in [-0.39, 0.29) is 17.0 Å². The van der Waals surface area contributed by atoms with Gasteiger partial charge in [0, 0.05) is 0 Å². The average Bonchev–Trinajstić information content (AvgIpc) is 2.74. The van der Waals surface area contributed by atoms with Crippen LogP contribution < -0.4 is 25.6 Å². The number of nitriles is 1. The maximum absolute atomic E-state index is 12.9. The summed E-state index contributed by atoms with van der Waals surface area (Å²) in [5.41, 5.74) is 6.91. The largest absolute Gasteiger partial charge is 0.490 e. The first-order valence-electron chi connectivity index (χ1n) is 9.61. The van der Waals surface area contributed by atoms with Gasteiger partial charge in [-0.15, -0.1) is 0 Å². The van der Waals surface area contributed by atoms with Gasteiger partial charge in [0.25, 0.3) is 0 Å². The van der Waals surface area contributed by atoms with E-state index >= 15 is 0 Å². The third-order valence-corrected chi connectivity index (χ3v) is 4.87. The number of hydrogen-bond donors (Lipinski definition) is 1.